The fourth-order valence-electron chi connectivity index (χ4n) is 2.04. The standard InChI is InChI=1S/C15H15FN2O2/c1-9-5-11(16)7-12(6-9)18-14(15(19)20)13-8-17-4-3-10(13)2/h3-8,14,18H,1-2H3,(H,19,20). The van der Waals surface area contributed by atoms with Crippen molar-refractivity contribution in [3.63, 3.8) is 0 Å². The molecular formula is C15H15FN2O2. The number of aromatic nitrogens is 1. The van der Waals surface area contributed by atoms with E-state index in [2.05, 4.69) is 10.3 Å². The van der Waals surface area contributed by atoms with Gasteiger partial charge in [0.2, 0.25) is 0 Å². The van der Waals surface area contributed by atoms with Crippen LogP contribution in [-0.2, 0) is 4.79 Å². The summed E-state index contributed by atoms with van der Waals surface area (Å²) < 4.78 is 13.4. The van der Waals surface area contributed by atoms with Crippen molar-refractivity contribution in [2.75, 3.05) is 5.32 Å². The number of hydrogen-bond donors (Lipinski definition) is 2. The Bertz CT molecular complexity index is 623. The van der Waals surface area contributed by atoms with Crippen LogP contribution in [0.25, 0.3) is 0 Å². The third kappa shape index (κ3) is 3.12. The number of aliphatic carboxylic acids is 1. The molecule has 0 aliphatic heterocycles. The zero-order valence-electron chi connectivity index (χ0n) is 11.2. The molecule has 1 aromatic heterocycles. The number of benzene rings is 1. The Morgan fingerprint density at radius 2 is 2.10 bits per heavy atom. The predicted molar refractivity (Wildman–Crippen MR) is 74.1 cm³/mol. The Kier molecular flexibility index (Phi) is 3.98. The van der Waals surface area contributed by atoms with Crippen molar-refractivity contribution in [1.82, 2.24) is 4.98 Å². The topological polar surface area (TPSA) is 62.2 Å². The average molecular weight is 274 g/mol. The molecule has 4 nitrogen and oxygen atoms in total. The van der Waals surface area contributed by atoms with E-state index in [9.17, 15) is 14.3 Å². The Balaban J connectivity index is 2.36. The normalized spacial score (nSPS) is 11.9. The Morgan fingerprint density at radius 3 is 2.70 bits per heavy atom. The summed E-state index contributed by atoms with van der Waals surface area (Å²) in [5, 5.41) is 12.2. The van der Waals surface area contributed by atoms with E-state index in [-0.39, 0.29) is 0 Å². The van der Waals surface area contributed by atoms with E-state index >= 15 is 0 Å². The van der Waals surface area contributed by atoms with Gasteiger partial charge >= 0.3 is 5.97 Å². The lowest BCUT2D eigenvalue weighted by molar-refractivity contribution is -0.138. The van der Waals surface area contributed by atoms with E-state index in [1.54, 1.807) is 25.3 Å². The van der Waals surface area contributed by atoms with Gasteiger partial charge in [-0.2, -0.15) is 0 Å². The number of carboxylic acids is 1. The molecule has 2 aromatic rings. The van der Waals surface area contributed by atoms with Crippen molar-refractivity contribution in [1.29, 1.82) is 0 Å². The van der Waals surface area contributed by atoms with E-state index in [0.29, 0.717) is 11.3 Å². The van der Waals surface area contributed by atoms with Crippen molar-refractivity contribution in [3.05, 3.63) is 59.2 Å². The molecule has 1 unspecified atom stereocenters. The van der Waals surface area contributed by atoms with Gasteiger partial charge in [-0.3, -0.25) is 4.98 Å². The van der Waals surface area contributed by atoms with E-state index in [0.717, 1.165) is 11.1 Å². The number of anilines is 1. The van der Waals surface area contributed by atoms with Crippen LogP contribution in [0.5, 0.6) is 0 Å². The molecule has 1 atom stereocenters. The molecule has 0 amide bonds. The van der Waals surface area contributed by atoms with Gasteiger partial charge in [0.25, 0.3) is 0 Å². The van der Waals surface area contributed by atoms with E-state index in [4.69, 9.17) is 0 Å². The summed E-state index contributed by atoms with van der Waals surface area (Å²) in [6.07, 6.45) is 3.11. The van der Waals surface area contributed by atoms with Gasteiger partial charge in [-0.05, 0) is 49.2 Å². The SMILES string of the molecule is Cc1cc(F)cc(NC(C(=O)O)c2cnccc2C)c1. The highest BCUT2D eigenvalue weighted by Crippen LogP contribution is 2.23. The van der Waals surface area contributed by atoms with Gasteiger partial charge in [-0.15, -0.1) is 0 Å². The van der Waals surface area contributed by atoms with Gasteiger partial charge in [0.15, 0.2) is 6.04 Å². The van der Waals surface area contributed by atoms with Gasteiger partial charge in [0, 0.05) is 23.6 Å². The van der Waals surface area contributed by atoms with Crippen molar-refractivity contribution in [3.8, 4) is 0 Å². The summed E-state index contributed by atoms with van der Waals surface area (Å²) in [5.41, 5.74) is 2.52. The quantitative estimate of drug-likeness (QED) is 0.899. The second kappa shape index (κ2) is 5.69. The summed E-state index contributed by atoms with van der Waals surface area (Å²) >= 11 is 0. The first-order valence-corrected chi connectivity index (χ1v) is 6.14. The minimum absolute atomic E-state index is 0.403. The monoisotopic (exact) mass is 274 g/mol. The summed E-state index contributed by atoms with van der Waals surface area (Å²) in [5.74, 6) is -1.44. The number of aryl methyl sites for hydroxylation is 2. The van der Waals surface area contributed by atoms with Crippen LogP contribution in [0.1, 0.15) is 22.7 Å². The maximum Gasteiger partial charge on any atom is 0.330 e. The van der Waals surface area contributed by atoms with Gasteiger partial charge in [0.1, 0.15) is 5.82 Å². The summed E-state index contributed by atoms with van der Waals surface area (Å²) in [7, 11) is 0. The molecule has 5 heteroatoms. The minimum Gasteiger partial charge on any atom is -0.479 e. The van der Waals surface area contributed by atoms with Gasteiger partial charge in [-0.1, -0.05) is 0 Å². The number of carboxylic acid groups (broad SMARTS) is 1. The minimum atomic E-state index is -1.04. The molecule has 2 rings (SSSR count). The summed E-state index contributed by atoms with van der Waals surface area (Å²) in [6.45, 7) is 3.56. The molecule has 20 heavy (non-hydrogen) atoms. The molecular weight excluding hydrogens is 259 g/mol. The van der Waals surface area contributed by atoms with Crippen LogP contribution in [0.3, 0.4) is 0 Å². The zero-order chi connectivity index (χ0) is 14.7. The van der Waals surface area contributed by atoms with Crippen LogP contribution in [0, 0.1) is 19.7 Å². The number of carbonyl (C=O) groups is 1. The molecule has 0 saturated carbocycles. The maximum absolute atomic E-state index is 13.4. The smallest absolute Gasteiger partial charge is 0.330 e. The fraction of sp³-hybridized carbons (Fsp3) is 0.200. The van der Waals surface area contributed by atoms with Gasteiger partial charge in [0.05, 0.1) is 0 Å². The first kappa shape index (κ1) is 14.0. The average Bonchev–Trinajstić information content (AvgIpc) is 2.35. The highest BCUT2D eigenvalue weighted by atomic mass is 19.1. The molecule has 0 fully saturated rings. The summed E-state index contributed by atoms with van der Waals surface area (Å²) in [6, 6.07) is 5.13. The van der Waals surface area contributed by atoms with Crippen LogP contribution in [0.4, 0.5) is 10.1 Å². The molecule has 0 bridgehead atoms. The molecule has 104 valence electrons. The number of hydrogen-bond acceptors (Lipinski definition) is 3. The number of pyridine rings is 1. The molecule has 0 spiro atoms. The van der Waals surface area contributed by atoms with Crippen LogP contribution in [0.15, 0.2) is 36.7 Å². The van der Waals surface area contributed by atoms with Crippen LogP contribution in [0.2, 0.25) is 0 Å². The lowest BCUT2D eigenvalue weighted by Crippen LogP contribution is -2.21. The van der Waals surface area contributed by atoms with E-state index in [1.165, 1.54) is 18.3 Å². The molecule has 0 aliphatic rings. The molecule has 2 N–H and O–H groups in total. The lowest BCUT2D eigenvalue weighted by atomic mass is 10.0. The van der Waals surface area contributed by atoms with Crippen LogP contribution >= 0.6 is 0 Å². The lowest BCUT2D eigenvalue weighted by Gasteiger charge is -2.18. The number of nitrogens with one attached hydrogen (secondary N) is 1. The second-order valence-corrected chi connectivity index (χ2v) is 4.67. The molecule has 1 heterocycles. The summed E-state index contributed by atoms with van der Waals surface area (Å²) in [4.78, 5) is 15.4. The third-order valence-electron chi connectivity index (χ3n) is 2.99. The molecule has 0 saturated heterocycles. The number of halogens is 1. The third-order valence-corrected chi connectivity index (χ3v) is 2.99. The number of nitrogens with zero attached hydrogens (tertiary/aromatic N) is 1. The van der Waals surface area contributed by atoms with E-state index in [1.807, 2.05) is 6.92 Å². The Morgan fingerprint density at radius 1 is 1.35 bits per heavy atom. The first-order chi connectivity index (χ1) is 9.47. The highest BCUT2D eigenvalue weighted by molar-refractivity contribution is 5.79. The fourth-order valence-corrected chi connectivity index (χ4v) is 2.04. The van der Waals surface area contributed by atoms with Crippen molar-refractivity contribution < 1.29 is 14.3 Å². The first-order valence-electron chi connectivity index (χ1n) is 6.14. The van der Waals surface area contributed by atoms with Crippen molar-refractivity contribution in [2.45, 2.75) is 19.9 Å². The van der Waals surface area contributed by atoms with Crippen molar-refractivity contribution in [2.24, 2.45) is 0 Å². The molecule has 0 radical (unpaired) electrons. The van der Waals surface area contributed by atoms with Gasteiger partial charge < -0.3 is 10.4 Å². The number of rotatable bonds is 4. The van der Waals surface area contributed by atoms with Crippen LogP contribution in [-0.4, -0.2) is 16.1 Å². The Labute approximate surface area is 116 Å². The van der Waals surface area contributed by atoms with Crippen molar-refractivity contribution >= 4 is 11.7 Å². The highest BCUT2D eigenvalue weighted by Gasteiger charge is 2.21. The second-order valence-electron chi connectivity index (χ2n) is 4.67. The largest absolute Gasteiger partial charge is 0.479 e. The van der Waals surface area contributed by atoms with E-state index < -0.39 is 17.8 Å². The maximum atomic E-state index is 13.4. The zero-order valence-corrected chi connectivity index (χ0v) is 11.2. The van der Waals surface area contributed by atoms with Gasteiger partial charge in [-0.25, -0.2) is 9.18 Å². The predicted octanol–water partition coefficient (Wildman–Crippen LogP) is 3.08. The van der Waals surface area contributed by atoms with Crippen LogP contribution < -0.4 is 5.32 Å². The Hall–Kier alpha value is -2.43. The molecule has 1 aromatic carbocycles. The molecule has 0 aliphatic carbocycles.